The van der Waals surface area contributed by atoms with Crippen LogP contribution >= 0.6 is 0 Å². The standard InChI is InChI=1S/C12H24N2O3S/c1-10(12-3-2-4-12)13-18(16,17)14-7-5-11(9-15)6-8-14/h10-13,15H,2-9H2,1H3. The molecule has 1 aliphatic heterocycles. The molecule has 1 saturated heterocycles. The largest absolute Gasteiger partial charge is 0.396 e. The molecule has 1 unspecified atom stereocenters. The highest BCUT2D eigenvalue weighted by molar-refractivity contribution is 7.87. The van der Waals surface area contributed by atoms with E-state index in [-0.39, 0.29) is 18.6 Å². The average molecular weight is 276 g/mol. The van der Waals surface area contributed by atoms with Gasteiger partial charge in [0.25, 0.3) is 10.2 Å². The minimum absolute atomic E-state index is 0.0410. The van der Waals surface area contributed by atoms with Gasteiger partial charge in [0, 0.05) is 25.7 Å². The van der Waals surface area contributed by atoms with Crippen LogP contribution in [0.15, 0.2) is 0 Å². The summed E-state index contributed by atoms with van der Waals surface area (Å²) in [5, 5.41) is 9.05. The monoisotopic (exact) mass is 276 g/mol. The molecule has 2 N–H and O–H groups in total. The van der Waals surface area contributed by atoms with Crippen LogP contribution < -0.4 is 4.72 Å². The molecule has 0 aromatic carbocycles. The second kappa shape index (κ2) is 5.86. The normalized spacial score (nSPS) is 25.9. The van der Waals surface area contributed by atoms with Crippen LogP contribution in [-0.2, 0) is 10.2 Å². The van der Waals surface area contributed by atoms with Gasteiger partial charge in [-0.2, -0.15) is 17.4 Å². The summed E-state index contributed by atoms with van der Waals surface area (Å²) in [5.41, 5.74) is 0. The van der Waals surface area contributed by atoms with Crippen molar-refractivity contribution in [2.75, 3.05) is 19.7 Å². The molecule has 0 aromatic rings. The van der Waals surface area contributed by atoms with Gasteiger partial charge in [0.15, 0.2) is 0 Å². The van der Waals surface area contributed by atoms with E-state index in [0.29, 0.717) is 19.0 Å². The second-order valence-corrected chi connectivity index (χ2v) is 7.33. The Kier molecular flexibility index (Phi) is 4.64. The van der Waals surface area contributed by atoms with Gasteiger partial charge in [-0.15, -0.1) is 0 Å². The molecular weight excluding hydrogens is 252 g/mol. The molecule has 2 aliphatic rings. The topological polar surface area (TPSA) is 69.6 Å². The molecule has 106 valence electrons. The fourth-order valence-electron chi connectivity index (χ4n) is 2.68. The van der Waals surface area contributed by atoms with Crippen LogP contribution in [0.3, 0.4) is 0 Å². The van der Waals surface area contributed by atoms with Gasteiger partial charge in [-0.25, -0.2) is 0 Å². The molecule has 6 heteroatoms. The number of aliphatic hydroxyl groups is 1. The summed E-state index contributed by atoms with van der Waals surface area (Å²) in [7, 11) is -3.33. The van der Waals surface area contributed by atoms with Crippen LogP contribution in [-0.4, -0.2) is 43.6 Å². The molecule has 0 aromatic heterocycles. The minimum atomic E-state index is -3.33. The van der Waals surface area contributed by atoms with Crippen LogP contribution in [0.2, 0.25) is 0 Å². The van der Waals surface area contributed by atoms with Crippen molar-refractivity contribution < 1.29 is 13.5 Å². The van der Waals surface area contributed by atoms with E-state index in [2.05, 4.69) is 4.72 Å². The number of aliphatic hydroxyl groups excluding tert-OH is 1. The Hall–Kier alpha value is -0.170. The number of hydrogen-bond donors (Lipinski definition) is 2. The Balaban J connectivity index is 1.86. The summed E-state index contributed by atoms with van der Waals surface area (Å²) in [4.78, 5) is 0. The van der Waals surface area contributed by atoms with Crippen LogP contribution in [0.1, 0.15) is 39.0 Å². The highest BCUT2D eigenvalue weighted by atomic mass is 32.2. The zero-order chi connectivity index (χ0) is 13.2. The lowest BCUT2D eigenvalue weighted by Crippen LogP contribution is -2.50. The minimum Gasteiger partial charge on any atom is -0.396 e. The number of rotatable bonds is 5. The molecule has 18 heavy (non-hydrogen) atoms. The quantitative estimate of drug-likeness (QED) is 0.777. The van der Waals surface area contributed by atoms with Crippen LogP contribution in [0.25, 0.3) is 0 Å². The number of nitrogens with zero attached hydrogens (tertiary/aromatic N) is 1. The first-order valence-corrected chi connectivity index (χ1v) is 8.35. The first-order chi connectivity index (χ1) is 8.53. The molecule has 2 rings (SSSR count). The first-order valence-electron chi connectivity index (χ1n) is 6.91. The molecule has 0 bridgehead atoms. The first kappa shape index (κ1) is 14.2. The van der Waals surface area contributed by atoms with E-state index in [9.17, 15) is 8.42 Å². The van der Waals surface area contributed by atoms with E-state index < -0.39 is 10.2 Å². The zero-order valence-electron chi connectivity index (χ0n) is 11.0. The predicted molar refractivity (Wildman–Crippen MR) is 70.2 cm³/mol. The average Bonchev–Trinajstić information content (AvgIpc) is 2.26. The molecule has 1 atom stereocenters. The van der Waals surface area contributed by atoms with Gasteiger partial charge >= 0.3 is 0 Å². The van der Waals surface area contributed by atoms with E-state index in [0.717, 1.165) is 25.7 Å². The lowest BCUT2D eigenvalue weighted by atomic mass is 9.81. The number of hydrogen-bond acceptors (Lipinski definition) is 3. The van der Waals surface area contributed by atoms with Gasteiger partial charge < -0.3 is 5.11 Å². The molecule has 1 heterocycles. The number of piperidine rings is 1. The van der Waals surface area contributed by atoms with Crippen LogP contribution in [0, 0.1) is 11.8 Å². The Morgan fingerprint density at radius 3 is 2.33 bits per heavy atom. The summed E-state index contributed by atoms with van der Waals surface area (Å²) < 4.78 is 28.7. The van der Waals surface area contributed by atoms with Crippen molar-refractivity contribution in [3.05, 3.63) is 0 Å². The third-order valence-corrected chi connectivity index (χ3v) is 6.08. The van der Waals surface area contributed by atoms with Gasteiger partial charge in [-0.3, -0.25) is 0 Å². The summed E-state index contributed by atoms with van der Waals surface area (Å²) in [6, 6.07) is 0.0410. The van der Waals surface area contributed by atoms with Crippen LogP contribution in [0.4, 0.5) is 0 Å². The fourth-order valence-corrected chi connectivity index (χ4v) is 4.18. The maximum absolute atomic E-state index is 12.2. The molecular formula is C12H24N2O3S. The Bertz CT molecular complexity index is 360. The Morgan fingerprint density at radius 1 is 1.28 bits per heavy atom. The highest BCUT2D eigenvalue weighted by Crippen LogP contribution is 2.30. The molecule has 0 spiro atoms. The molecule has 1 saturated carbocycles. The second-order valence-electron chi connectivity index (χ2n) is 5.63. The van der Waals surface area contributed by atoms with E-state index >= 15 is 0 Å². The third kappa shape index (κ3) is 3.23. The maximum atomic E-state index is 12.2. The molecule has 0 amide bonds. The SMILES string of the molecule is CC(NS(=O)(=O)N1CCC(CO)CC1)C1CCC1. The predicted octanol–water partition coefficient (Wildman–Crippen LogP) is 0.714. The van der Waals surface area contributed by atoms with Gasteiger partial charge in [0.05, 0.1) is 0 Å². The summed E-state index contributed by atoms with van der Waals surface area (Å²) in [6.07, 6.45) is 5.01. The summed E-state index contributed by atoms with van der Waals surface area (Å²) >= 11 is 0. The van der Waals surface area contributed by atoms with Crippen molar-refractivity contribution in [1.29, 1.82) is 0 Å². The zero-order valence-corrected chi connectivity index (χ0v) is 11.8. The highest BCUT2D eigenvalue weighted by Gasteiger charge is 2.32. The molecule has 1 aliphatic carbocycles. The number of nitrogens with one attached hydrogen (secondary N) is 1. The van der Waals surface area contributed by atoms with Gasteiger partial charge in [0.2, 0.25) is 0 Å². The van der Waals surface area contributed by atoms with Crippen molar-refractivity contribution in [2.24, 2.45) is 11.8 Å². The Morgan fingerprint density at radius 2 is 1.89 bits per heavy atom. The van der Waals surface area contributed by atoms with E-state index in [1.807, 2.05) is 6.92 Å². The van der Waals surface area contributed by atoms with E-state index in [1.54, 1.807) is 0 Å². The van der Waals surface area contributed by atoms with Crippen molar-refractivity contribution in [1.82, 2.24) is 9.03 Å². The van der Waals surface area contributed by atoms with Crippen molar-refractivity contribution in [3.8, 4) is 0 Å². The molecule has 2 fully saturated rings. The van der Waals surface area contributed by atoms with Gasteiger partial charge in [0.1, 0.15) is 0 Å². The Labute approximate surface area is 110 Å². The van der Waals surface area contributed by atoms with E-state index in [4.69, 9.17) is 5.11 Å². The van der Waals surface area contributed by atoms with Crippen molar-refractivity contribution >= 4 is 10.2 Å². The van der Waals surface area contributed by atoms with Crippen molar-refractivity contribution in [3.63, 3.8) is 0 Å². The van der Waals surface area contributed by atoms with E-state index in [1.165, 1.54) is 10.7 Å². The van der Waals surface area contributed by atoms with Gasteiger partial charge in [-0.1, -0.05) is 6.42 Å². The molecule has 5 nitrogen and oxygen atoms in total. The van der Waals surface area contributed by atoms with Crippen LogP contribution in [0.5, 0.6) is 0 Å². The van der Waals surface area contributed by atoms with Gasteiger partial charge in [-0.05, 0) is 44.4 Å². The maximum Gasteiger partial charge on any atom is 0.279 e. The fraction of sp³-hybridized carbons (Fsp3) is 1.00. The lowest BCUT2D eigenvalue weighted by molar-refractivity contribution is 0.168. The third-order valence-electron chi connectivity index (χ3n) is 4.36. The summed E-state index contributed by atoms with van der Waals surface area (Å²) in [6.45, 7) is 3.18. The molecule has 0 radical (unpaired) electrons. The van der Waals surface area contributed by atoms with Crippen molar-refractivity contribution in [2.45, 2.75) is 45.1 Å². The summed E-state index contributed by atoms with van der Waals surface area (Å²) in [5.74, 6) is 0.773. The smallest absolute Gasteiger partial charge is 0.279 e. The lowest BCUT2D eigenvalue weighted by Gasteiger charge is -2.35.